The number of likely N-dealkylation sites (tertiary alicyclic amines) is 1. The predicted molar refractivity (Wildman–Crippen MR) is 111 cm³/mol. The zero-order valence-corrected chi connectivity index (χ0v) is 18.3. The summed E-state index contributed by atoms with van der Waals surface area (Å²) in [5.74, 6) is 0.158. The Morgan fingerprint density at radius 3 is 2.34 bits per heavy atom. The molecule has 1 heterocycles. The number of carbonyl (C=O) groups is 2. The molecule has 1 aliphatic rings. The molecule has 29 heavy (non-hydrogen) atoms. The Kier molecular flexibility index (Phi) is 8.07. The summed E-state index contributed by atoms with van der Waals surface area (Å²) in [5, 5.41) is 2.81. The van der Waals surface area contributed by atoms with E-state index in [-0.39, 0.29) is 23.7 Å². The summed E-state index contributed by atoms with van der Waals surface area (Å²) >= 11 is 0. The first-order valence-electron chi connectivity index (χ1n) is 10.1. The van der Waals surface area contributed by atoms with Crippen molar-refractivity contribution >= 4 is 21.8 Å². The molecule has 0 radical (unpaired) electrons. The summed E-state index contributed by atoms with van der Waals surface area (Å²) < 4.78 is 29.8. The lowest BCUT2D eigenvalue weighted by Gasteiger charge is -2.33. The van der Waals surface area contributed by atoms with Crippen LogP contribution in [0.4, 0.5) is 4.79 Å². The van der Waals surface area contributed by atoms with Gasteiger partial charge in [0.1, 0.15) is 5.60 Å². The van der Waals surface area contributed by atoms with Gasteiger partial charge in [0.05, 0.1) is 10.6 Å². The molecule has 1 aliphatic heterocycles. The van der Waals surface area contributed by atoms with Gasteiger partial charge in [0.2, 0.25) is 5.91 Å². The number of amides is 2. The van der Waals surface area contributed by atoms with Gasteiger partial charge >= 0.3 is 6.09 Å². The molecule has 2 rings (SSSR count). The quantitative estimate of drug-likeness (QED) is 0.679. The van der Waals surface area contributed by atoms with Crippen molar-refractivity contribution in [1.82, 2.24) is 10.2 Å². The SMILES string of the molecule is CC(C)(C)OC(=O)N1CCC(CC(=O)NCCCS(=O)(=O)c2ccccc2)CC1. The molecule has 1 aromatic carbocycles. The fraction of sp³-hybridized carbons (Fsp3) is 0.619. The van der Waals surface area contributed by atoms with Crippen molar-refractivity contribution in [2.24, 2.45) is 5.92 Å². The predicted octanol–water partition coefficient (Wildman–Crippen LogP) is 3.00. The molecule has 0 aliphatic carbocycles. The molecule has 0 spiro atoms. The van der Waals surface area contributed by atoms with Crippen molar-refractivity contribution in [2.45, 2.75) is 57.0 Å². The van der Waals surface area contributed by atoms with Gasteiger partial charge < -0.3 is 15.0 Å². The molecule has 7 nitrogen and oxygen atoms in total. The van der Waals surface area contributed by atoms with Gasteiger partial charge in [-0.1, -0.05) is 18.2 Å². The summed E-state index contributed by atoms with van der Waals surface area (Å²) in [6, 6.07) is 8.33. The number of ether oxygens (including phenoxy) is 1. The lowest BCUT2D eigenvalue weighted by atomic mass is 9.93. The number of benzene rings is 1. The summed E-state index contributed by atoms with van der Waals surface area (Å²) in [4.78, 5) is 26.2. The molecular weight excluding hydrogens is 392 g/mol. The lowest BCUT2D eigenvalue weighted by Crippen LogP contribution is -2.42. The van der Waals surface area contributed by atoms with Gasteiger partial charge in [-0.25, -0.2) is 13.2 Å². The van der Waals surface area contributed by atoms with Gasteiger partial charge in [0, 0.05) is 26.1 Å². The Hall–Kier alpha value is -2.09. The molecule has 1 fully saturated rings. The number of sulfone groups is 1. The van der Waals surface area contributed by atoms with E-state index in [1.165, 1.54) is 0 Å². The van der Waals surface area contributed by atoms with Crippen LogP contribution in [-0.2, 0) is 19.4 Å². The molecule has 0 atom stereocenters. The first-order valence-corrected chi connectivity index (χ1v) is 11.7. The fourth-order valence-electron chi connectivity index (χ4n) is 3.22. The third-order valence-electron chi connectivity index (χ3n) is 4.75. The molecular formula is C21H32N2O5S. The zero-order chi connectivity index (χ0) is 21.5. The van der Waals surface area contributed by atoms with Crippen LogP contribution in [0.1, 0.15) is 46.5 Å². The molecule has 0 unspecified atom stereocenters. The molecule has 0 saturated carbocycles. The Bertz CT molecular complexity index is 779. The van der Waals surface area contributed by atoms with Gasteiger partial charge in [-0.2, -0.15) is 0 Å². The zero-order valence-electron chi connectivity index (χ0n) is 17.5. The summed E-state index contributed by atoms with van der Waals surface area (Å²) in [7, 11) is -3.31. The van der Waals surface area contributed by atoms with Crippen LogP contribution in [0, 0.1) is 5.92 Å². The molecule has 2 amide bonds. The van der Waals surface area contributed by atoms with Crippen LogP contribution in [0.25, 0.3) is 0 Å². The lowest BCUT2D eigenvalue weighted by molar-refractivity contribution is -0.122. The third-order valence-corrected chi connectivity index (χ3v) is 6.57. The van der Waals surface area contributed by atoms with Crippen LogP contribution in [0.3, 0.4) is 0 Å². The second-order valence-electron chi connectivity index (χ2n) is 8.45. The fourth-order valence-corrected chi connectivity index (χ4v) is 4.55. The number of nitrogens with zero attached hydrogens (tertiary/aromatic N) is 1. The minimum absolute atomic E-state index is 0.00553. The minimum Gasteiger partial charge on any atom is -0.444 e. The highest BCUT2D eigenvalue weighted by Gasteiger charge is 2.27. The second kappa shape index (κ2) is 10.1. The van der Waals surface area contributed by atoms with E-state index in [1.54, 1.807) is 35.2 Å². The van der Waals surface area contributed by atoms with Crippen LogP contribution in [-0.4, -0.2) is 56.3 Å². The summed E-state index contributed by atoms with van der Waals surface area (Å²) in [6.45, 7) is 7.03. The second-order valence-corrected chi connectivity index (χ2v) is 10.6. The van der Waals surface area contributed by atoms with Crippen LogP contribution < -0.4 is 5.32 Å². The normalized spacial score (nSPS) is 15.8. The van der Waals surface area contributed by atoms with Gasteiger partial charge in [0.15, 0.2) is 9.84 Å². The average Bonchev–Trinajstić information content (AvgIpc) is 2.65. The van der Waals surface area contributed by atoms with Crippen LogP contribution in [0.2, 0.25) is 0 Å². The molecule has 0 aromatic heterocycles. The van der Waals surface area contributed by atoms with Crippen molar-refractivity contribution in [3.8, 4) is 0 Å². The monoisotopic (exact) mass is 424 g/mol. The Morgan fingerprint density at radius 2 is 1.76 bits per heavy atom. The average molecular weight is 425 g/mol. The Morgan fingerprint density at radius 1 is 1.14 bits per heavy atom. The van der Waals surface area contributed by atoms with Crippen LogP contribution >= 0.6 is 0 Å². The van der Waals surface area contributed by atoms with Gasteiger partial charge in [-0.05, 0) is 58.1 Å². The van der Waals surface area contributed by atoms with Gasteiger partial charge in [0.25, 0.3) is 0 Å². The van der Waals surface area contributed by atoms with E-state index in [4.69, 9.17) is 4.74 Å². The van der Waals surface area contributed by atoms with E-state index in [9.17, 15) is 18.0 Å². The highest BCUT2D eigenvalue weighted by molar-refractivity contribution is 7.91. The van der Waals surface area contributed by atoms with Crippen LogP contribution in [0.5, 0.6) is 0 Å². The van der Waals surface area contributed by atoms with E-state index < -0.39 is 15.4 Å². The number of rotatable bonds is 7. The Balaban J connectivity index is 1.65. The largest absolute Gasteiger partial charge is 0.444 e. The highest BCUT2D eigenvalue weighted by Crippen LogP contribution is 2.22. The standard InChI is InChI=1S/C21H32N2O5S/c1-21(2,3)28-20(25)23-13-10-17(11-14-23)16-19(24)22-12-7-15-29(26,27)18-8-5-4-6-9-18/h4-6,8-9,17H,7,10-16H2,1-3H3,(H,22,24). The number of hydrogen-bond acceptors (Lipinski definition) is 5. The van der Waals surface area contributed by atoms with Crippen molar-refractivity contribution in [2.75, 3.05) is 25.4 Å². The summed E-state index contributed by atoms with van der Waals surface area (Å²) in [5.41, 5.74) is -0.512. The number of hydrogen-bond donors (Lipinski definition) is 1. The van der Waals surface area contributed by atoms with E-state index in [2.05, 4.69) is 5.32 Å². The molecule has 8 heteroatoms. The van der Waals surface area contributed by atoms with Gasteiger partial charge in [-0.3, -0.25) is 4.79 Å². The maximum Gasteiger partial charge on any atom is 0.410 e. The topological polar surface area (TPSA) is 92.8 Å². The van der Waals surface area contributed by atoms with Gasteiger partial charge in [-0.15, -0.1) is 0 Å². The van der Waals surface area contributed by atoms with E-state index in [1.807, 2.05) is 20.8 Å². The maximum absolute atomic E-state index is 12.2. The third kappa shape index (κ3) is 8.04. The number of carbonyl (C=O) groups excluding carboxylic acids is 2. The first kappa shape index (κ1) is 23.2. The van der Waals surface area contributed by atoms with Crippen molar-refractivity contribution in [1.29, 1.82) is 0 Å². The Labute approximate surface area is 173 Å². The molecule has 0 bridgehead atoms. The number of piperidine rings is 1. The minimum atomic E-state index is -3.31. The molecule has 1 saturated heterocycles. The molecule has 162 valence electrons. The van der Waals surface area contributed by atoms with Crippen LogP contribution in [0.15, 0.2) is 35.2 Å². The van der Waals surface area contributed by atoms with E-state index in [0.29, 0.717) is 37.4 Å². The maximum atomic E-state index is 12.2. The summed E-state index contributed by atoms with van der Waals surface area (Å²) in [6.07, 6.45) is 1.98. The smallest absolute Gasteiger partial charge is 0.410 e. The van der Waals surface area contributed by atoms with Crippen molar-refractivity contribution < 1.29 is 22.7 Å². The van der Waals surface area contributed by atoms with E-state index in [0.717, 1.165) is 12.8 Å². The van der Waals surface area contributed by atoms with Crippen molar-refractivity contribution in [3.63, 3.8) is 0 Å². The first-order chi connectivity index (χ1) is 13.6. The number of nitrogens with one attached hydrogen (secondary N) is 1. The highest BCUT2D eigenvalue weighted by atomic mass is 32.2. The van der Waals surface area contributed by atoms with E-state index >= 15 is 0 Å². The molecule has 1 aromatic rings. The molecule has 1 N–H and O–H groups in total. The van der Waals surface area contributed by atoms with Crippen molar-refractivity contribution in [3.05, 3.63) is 30.3 Å².